The number of para-hydroxylation sites is 1. The van der Waals surface area contributed by atoms with Crippen LogP contribution in [0.15, 0.2) is 57.8 Å². The fraction of sp³-hybridized carbons (Fsp3) is 0.486. The Balaban J connectivity index is 1.96. The molecule has 12 nitrogen and oxygen atoms in total. The number of hydrogen-bond acceptors (Lipinski definition) is 10. The van der Waals surface area contributed by atoms with E-state index in [0.717, 1.165) is 5.39 Å². The van der Waals surface area contributed by atoms with E-state index < -0.39 is 50.5 Å². The van der Waals surface area contributed by atoms with Crippen LogP contribution in [0, 0.1) is 5.41 Å². The van der Waals surface area contributed by atoms with Crippen molar-refractivity contribution in [3.63, 3.8) is 0 Å². The zero-order chi connectivity index (χ0) is 35.7. The average molecular weight is 684 g/mol. The number of carbonyl (C=O) groups excluding carboxylic acids is 4. The van der Waals surface area contributed by atoms with E-state index in [4.69, 9.17) is 18.9 Å². The summed E-state index contributed by atoms with van der Waals surface area (Å²) in [6.45, 7) is 15.4. The maximum absolute atomic E-state index is 14.3. The van der Waals surface area contributed by atoms with Gasteiger partial charge < -0.3 is 23.8 Å². The van der Waals surface area contributed by atoms with Crippen molar-refractivity contribution in [3.05, 3.63) is 48.5 Å². The lowest BCUT2D eigenvalue weighted by Gasteiger charge is -2.47. The Morgan fingerprint density at radius 3 is 1.96 bits per heavy atom. The van der Waals surface area contributed by atoms with Crippen molar-refractivity contribution in [1.29, 1.82) is 0 Å². The molecule has 0 spiro atoms. The van der Waals surface area contributed by atoms with Gasteiger partial charge in [0.25, 0.3) is 0 Å². The van der Waals surface area contributed by atoms with Crippen molar-refractivity contribution in [2.45, 2.75) is 78.4 Å². The van der Waals surface area contributed by atoms with E-state index in [-0.39, 0.29) is 37.0 Å². The number of esters is 2. The number of carbonyl (C=O) groups is 4. The molecule has 0 saturated carbocycles. The van der Waals surface area contributed by atoms with Crippen molar-refractivity contribution in [2.24, 2.45) is 9.78 Å². The SMILES string of the molecule is CCOC(=O)C1(C(=O)OCC)CN(c2ccc(S(=O)(CC)=NC(=O)OC(C)(C)C)cc2-c2cc3ccccc3n2C(=O)OC(C)(C)C)C1. The number of aromatic nitrogens is 1. The number of rotatable bonds is 8. The predicted molar refractivity (Wildman–Crippen MR) is 183 cm³/mol. The second-order valence-electron chi connectivity index (χ2n) is 13.5. The largest absolute Gasteiger partial charge is 0.465 e. The molecule has 1 fully saturated rings. The van der Waals surface area contributed by atoms with Gasteiger partial charge in [-0.1, -0.05) is 25.1 Å². The summed E-state index contributed by atoms with van der Waals surface area (Å²) in [7, 11) is -3.34. The first-order chi connectivity index (χ1) is 22.4. The summed E-state index contributed by atoms with van der Waals surface area (Å²) in [4.78, 5) is 54.8. The van der Waals surface area contributed by atoms with E-state index >= 15 is 0 Å². The van der Waals surface area contributed by atoms with Gasteiger partial charge in [0, 0.05) is 40.4 Å². The van der Waals surface area contributed by atoms with E-state index in [1.165, 1.54) is 4.57 Å². The molecule has 0 radical (unpaired) electrons. The van der Waals surface area contributed by atoms with E-state index in [1.807, 2.05) is 18.2 Å². The third-order valence-corrected chi connectivity index (χ3v) is 9.72. The third-order valence-electron chi connectivity index (χ3n) is 7.50. The van der Waals surface area contributed by atoms with Gasteiger partial charge in [0.15, 0.2) is 5.41 Å². The van der Waals surface area contributed by atoms with Crippen LogP contribution in [0.5, 0.6) is 0 Å². The highest BCUT2D eigenvalue weighted by molar-refractivity contribution is 7.93. The van der Waals surface area contributed by atoms with E-state index in [2.05, 4.69) is 4.36 Å². The monoisotopic (exact) mass is 683 g/mol. The lowest BCUT2D eigenvalue weighted by molar-refractivity contribution is -0.174. The first kappa shape index (κ1) is 36.4. The van der Waals surface area contributed by atoms with Gasteiger partial charge in [0.2, 0.25) is 0 Å². The van der Waals surface area contributed by atoms with Crippen molar-refractivity contribution in [2.75, 3.05) is 37.0 Å². The third kappa shape index (κ3) is 7.51. The summed E-state index contributed by atoms with van der Waals surface area (Å²) >= 11 is 0. The molecule has 13 heteroatoms. The van der Waals surface area contributed by atoms with Crippen molar-refractivity contribution in [1.82, 2.24) is 4.57 Å². The predicted octanol–water partition coefficient (Wildman–Crippen LogP) is 6.81. The highest BCUT2D eigenvalue weighted by Crippen LogP contribution is 2.44. The van der Waals surface area contributed by atoms with Crippen LogP contribution in [0.1, 0.15) is 62.3 Å². The quantitative estimate of drug-likeness (QED) is 0.141. The first-order valence-corrected chi connectivity index (χ1v) is 17.6. The maximum Gasteiger partial charge on any atom is 0.442 e. The molecule has 1 aliphatic heterocycles. The number of nitrogens with zero attached hydrogens (tertiary/aromatic N) is 3. The summed E-state index contributed by atoms with van der Waals surface area (Å²) in [5.74, 6) is -1.38. The van der Waals surface area contributed by atoms with E-state index in [9.17, 15) is 23.4 Å². The lowest BCUT2D eigenvalue weighted by Crippen LogP contribution is -2.65. The molecule has 2 aromatic carbocycles. The van der Waals surface area contributed by atoms with Gasteiger partial charge in [-0.15, -0.1) is 4.36 Å². The number of amides is 1. The molecule has 0 aliphatic carbocycles. The number of fused-ring (bicyclic) bond motifs is 1. The summed E-state index contributed by atoms with van der Waals surface area (Å²) < 4.78 is 41.5. The summed E-state index contributed by atoms with van der Waals surface area (Å²) in [5.41, 5.74) is -1.26. The van der Waals surface area contributed by atoms with Crippen molar-refractivity contribution in [3.8, 4) is 11.3 Å². The number of benzene rings is 2. The second-order valence-corrected chi connectivity index (χ2v) is 16.0. The Bertz CT molecular complexity index is 1830. The molecule has 48 heavy (non-hydrogen) atoms. The van der Waals surface area contributed by atoms with Crippen molar-refractivity contribution >= 4 is 50.4 Å². The van der Waals surface area contributed by atoms with Gasteiger partial charge in [-0.05, 0) is 85.7 Å². The smallest absolute Gasteiger partial charge is 0.442 e. The number of ether oxygens (including phenoxy) is 4. The normalized spacial score (nSPS) is 15.6. The summed E-state index contributed by atoms with van der Waals surface area (Å²) in [6, 6.07) is 14.0. The molecular formula is C35H45N3O9S. The fourth-order valence-corrected chi connectivity index (χ4v) is 6.82. The molecule has 1 saturated heterocycles. The van der Waals surface area contributed by atoms with Gasteiger partial charge >= 0.3 is 24.1 Å². The number of anilines is 1. The Morgan fingerprint density at radius 1 is 0.833 bits per heavy atom. The van der Waals surface area contributed by atoms with Gasteiger partial charge in [-0.3, -0.25) is 9.59 Å². The van der Waals surface area contributed by atoms with Crippen LogP contribution in [0.2, 0.25) is 0 Å². The molecule has 260 valence electrons. The van der Waals surface area contributed by atoms with Gasteiger partial charge in [-0.2, -0.15) is 0 Å². The molecule has 0 bridgehead atoms. The highest BCUT2D eigenvalue weighted by atomic mass is 32.2. The summed E-state index contributed by atoms with van der Waals surface area (Å²) in [5, 5.41) is 0.736. The van der Waals surface area contributed by atoms with Crippen LogP contribution < -0.4 is 4.90 Å². The molecule has 0 N–H and O–H groups in total. The van der Waals surface area contributed by atoms with Crippen LogP contribution >= 0.6 is 0 Å². The van der Waals surface area contributed by atoms with Gasteiger partial charge in [-0.25, -0.2) is 18.4 Å². The van der Waals surface area contributed by atoms with E-state index in [1.54, 1.807) is 97.5 Å². The van der Waals surface area contributed by atoms with Crippen LogP contribution in [-0.4, -0.2) is 76.2 Å². The minimum absolute atomic E-state index is 0.00136. The zero-order valence-corrected chi connectivity index (χ0v) is 29.9. The maximum atomic E-state index is 14.3. The highest BCUT2D eigenvalue weighted by Gasteiger charge is 2.58. The van der Waals surface area contributed by atoms with Crippen LogP contribution in [-0.2, 0) is 38.3 Å². The average Bonchev–Trinajstić information content (AvgIpc) is 3.35. The Kier molecular flexibility index (Phi) is 10.3. The van der Waals surface area contributed by atoms with E-state index in [0.29, 0.717) is 22.5 Å². The molecule has 4 rings (SSSR count). The van der Waals surface area contributed by atoms with Crippen LogP contribution in [0.3, 0.4) is 0 Å². The Hall–Kier alpha value is -4.39. The minimum Gasteiger partial charge on any atom is -0.465 e. The molecule has 1 aromatic heterocycles. The Labute approximate surface area is 281 Å². The molecule has 3 aromatic rings. The lowest BCUT2D eigenvalue weighted by atomic mass is 9.79. The molecular weight excluding hydrogens is 638 g/mol. The van der Waals surface area contributed by atoms with Gasteiger partial charge in [0.05, 0.1) is 34.2 Å². The zero-order valence-electron chi connectivity index (χ0n) is 29.1. The summed E-state index contributed by atoms with van der Waals surface area (Å²) in [6.07, 6.45) is -1.60. The fourth-order valence-electron chi connectivity index (χ4n) is 5.39. The molecule has 1 atom stereocenters. The van der Waals surface area contributed by atoms with Crippen LogP contribution in [0.25, 0.3) is 22.2 Å². The minimum atomic E-state index is -3.34. The van der Waals surface area contributed by atoms with Crippen molar-refractivity contribution < 1.29 is 42.3 Å². The number of hydrogen-bond donors (Lipinski definition) is 0. The molecule has 2 heterocycles. The molecule has 1 amide bonds. The topological polar surface area (TPSA) is 143 Å². The second kappa shape index (κ2) is 13.6. The molecule has 1 unspecified atom stereocenters. The Morgan fingerprint density at radius 2 is 1.42 bits per heavy atom. The standard InChI is InChI=1S/C35H45N3O9S/c1-10-44-29(39)35(30(40)45-11-2)21-37(22-35)27-18-17-24(48(43,12-3)36-31(41)46-33(4,5)6)20-25(27)28-19-23-15-13-14-16-26(23)38(28)32(42)47-34(7,8)9/h13-20H,10-12,21-22H2,1-9H3. The van der Waals surface area contributed by atoms with Crippen LogP contribution in [0.4, 0.5) is 15.3 Å². The first-order valence-electron chi connectivity index (χ1n) is 15.9. The molecule has 1 aliphatic rings. The van der Waals surface area contributed by atoms with Gasteiger partial charge in [0.1, 0.15) is 11.2 Å².